The topological polar surface area (TPSA) is 115 Å². The van der Waals surface area contributed by atoms with Gasteiger partial charge in [-0.15, -0.1) is 0 Å². The van der Waals surface area contributed by atoms with Gasteiger partial charge < -0.3 is 9.84 Å². The number of aliphatic hydroxyl groups is 1. The average Bonchev–Trinajstić information content (AvgIpc) is 3.72. The summed E-state index contributed by atoms with van der Waals surface area (Å²) in [6.07, 6.45) is 3.05. The van der Waals surface area contributed by atoms with Crippen molar-refractivity contribution in [2.24, 2.45) is 4.99 Å². The molecule has 11 heteroatoms. The summed E-state index contributed by atoms with van der Waals surface area (Å²) in [4.78, 5) is 27.9. The molecule has 5 aromatic rings. The number of hydrogen-bond acceptors (Lipinski definition) is 8. The largest absolute Gasteiger partial charge is 1.00 e. The van der Waals surface area contributed by atoms with E-state index in [0.717, 1.165) is 57.8 Å². The minimum absolute atomic E-state index is 0. The van der Waals surface area contributed by atoms with Crippen LogP contribution in [0.5, 0.6) is 5.75 Å². The molecule has 10 nitrogen and oxygen atoms in total. The van der Waals surface area contributed by atoms with Gasteiger partial charge in [-0.25, -0.2) is 24.4 Å². The second-order valence-electron chi connectivity index (χ2n) is 11.6. The summed E-state index contributed by atoms with van der Waals surface area (Å²) in [5.41, 5.74) is 9.44. The summed E-state index contributed by atoms with van der Waals surface area (Å²) >= 11 is 0. The average molecular weight is 616 g/mol. The standard InChI is InChI=1S/C33H32N6O4.K/c1-4-7-27-26(16-20-10-12-21(13-11-20)24-8-5-6-9-25(24)29-36-32(41)43-37-29)30(40)38(31-34-19-35-39(27)31)23-14-15-28-22(17-23)18-33(2,3)42-28;/h5-6,8-15,17,19,32,41H,4,7,16,18H2,1-3H3,(H,36,37);/q;+1. The van der Waals surface area contributed by atoms with E-state index in [0.29, 0.717) is 30.0 Å². The van der Waals surface area contributed by atoms with Crippen molar-refractivity contribution in [3.05, 3.63) is 111 Å². The van der Waals surface area contributed by atoms with Gasteiger partial charge in [0, 0.05) is 29.5 Å². The number of benzene rings is 3. The fourth-order valence-corrected chi connectivity index (χ4v) is 6.04. The molecule has 0 aliphatic carbocycles. The molecule has 2 aromatic heterocycles. The van der Waals surface area contributed by atoms with Crippen LogP contribution in [-0.2, 0) is 24.1 Å². The van der Waals surface area contributed by atoms with Crippen LogP contribution in [0.4, 0.5) is 0 Å². The van der Waals surface area contributed by atoms with E-state index >= 15 is 0 Å². The van der Waals surface area contributed by atoms with Crippen LogP contribution in [0.1, 0.15) is 55.1 Å². The van der Waals surface area contributed by atoms with Gasteiger partial charge >= 0.3 is 51.4 Å². The SMILES string of the molecule is CCCc1c(Cc2ccc(-c3ccccc3C3=NC(O)ON3)cc2)c(=O)n(-c2ccc3c(c2)CC(C)(C)O3)c2ncnn12.[K+]. The maximum Gasteiger partial charge on any atom is 1.00 e. The molecule has 4 heterocycles. The van der Waals surface area contributed by atoms with Gasteiger partial charge in [0.25, 0.3) is 12.0 Å². The number of nitrogens with zero attached hydrogens (tertiary/aromatic N) is 5. The zero-order chi connectivity index (χ0) is 29.7. The maximum atomic E-state index is 14.3. The minimum Gasteiger partial charge on any atom is -0.487 e. The molecule has 0 saturated carbocycles. The molecule has 2 aliphatic heterocycles. The molecule has 0 radical (unpaired) electrons. The van der Waals surface area contributed by atoms with Crippen molar-refractivity contribution in [3.63, 3.8) is 0 Å². The summed E-state index contributed by atoms with van der Waals surface area (Å²) in [5, 5.41) is 14.2. The van der Waals surface area contributed by atoms with Crippen molar-refractivity contribution in [2.75, 3.05) is 0 Å². The summed E-state index contributed by atoms with van der Waals surface area (Å²) < 4.78 is 9.56. The normalized spacial score (nSPS) is 16.6. The molecule has 0 amide bonds. The zero-order valence-electron chi connectivity index (χ0n) is 25.2. The van der Waals surface area contributed by atoms with Gasteiger partial charge in [-0.3, -0.25) is 4.79 Å². The van der Waals surface area contributed by atoms with Crippen molar-refractivity contribution in [1.29, 1.82) is 0 Å². The van der Waals surface area contributed by atoms with Gasteiger partial charge in [0.1, 0.15) is 17.7 Å². The predicted octanol–water partition coefficient (Wildman–Crippen LogP) is 1.37. The number of hydroxylamine groups is 1. The van der Waals surface area contributed by atoms with Crippen LogP contribution in [-0.4, -0.2) is 42.1 Å². The number of rotatable bonds is 7. The Hall–Kier alpha value is -3.16. The van der Waals surface area contributed by atoms with E-state index in [4.69, 9.17) is 9.57 Å². The fraction of sp³-hybridized carbons (Fsp3) is 0.273. The number of amidine groups is 1. The maximum absolute atomic E-state index is 14.3. The van der Waals surface area contributed by atoms with Crippen molar-refractivity contribution in [2.45, 2.75) is 58.5 Å². The van der Waals surface area contributed by atoms with Gasteiger partial charge in [-0.2, -0.15) is 10.1 Å². The van der Waals surface area contributed by atoms with Gasteiger partial charge in [0.2, 0.25) is 5.78 Å². The molecular weight excluding hydrogens is 583 g/mol. The number of ether oxygens (including phenoxy) is 1. The molecule has 3 aromatic carbocycles. The fourth-order valence-electron chi connectivity index (χ4n) is 6.04. The summed E-state index contributed by atoms with van der Waals surface area (Å²) in [7, 11) is 0. The summed E-state index contributed by atoms with van der Waals surface area (Å²) in [6, 6.07) is 21.8. The molecule has 2 N–H and O–H groups in total. The van der Waals surface area contributed by atoms with Crippen molar-refractivity contribution < 1.29 is 66.1 Å². The van der Waals surface area contributed by atoms with Crippen molar-refractivity contribution in [1.82, 2.24) is 24.6 Å². The third-order valence-electron chi connectivity index (χ3n) is 7.92. The quantitative estimate of drug-likeness (QED) is 0.266. The molecule has 218 valence electrons. The molecule has 1 atom stereocenters. The van der Waals surface area contributed by atoms with E-state index in [9.17, 15) is 9.90 Å². The number of aryl methyl sites for hydroxylation is 1. The second-order valence-corrected chi connectivity index (χ2v) is 11.6. The third-order valence-corrected chi connectivity index (χ3v) is 7.92. The Morgan fingerprint density at radius 2 is 1.84 bits per heavy atom. The van der Waals surface area contributed by atoms with Crippen LogP contribution in [0.25, 0.3) is 22.6 Å². The molecule has 2 aliphatic rings. The van der Waals surface area contributed by atoms with Crippen molar-refractivity contribution >= 4 is 11.6 Å². The molecule has 0 bridgehead atoms. The molecule has 0 fully saturated rings. The Balaban J connectivity index is 0.00000343. The van der Waals surface area contributed by atoms with Gasteiger partial charge in [-0.05, 0) is 55.2 Å². The van der Waals surface area contributed by atoms with Crippen LogP contribution in [0.2, 0.25) is 0 Å². The molecule has 44 heavy (non-hydrogen) atoms. The van der Waals surface area contributed by atoms with Crippen LogP contribution >= 0.6 is 0 Å². The Labute approximate surface area is 297 Å². The first-order valence-corrected chi connectivity index (χ1v) is 14.5. The Morgan fingerprint density at radius 3 is 2.57 bits per heavy atom. The van der Waals surface area contributed by atoms with E-state index in [1.165, 1.54) is 6.33 Å². The molecule has 0 saturated heterocycles. The van der Waals surface area contributed by atoms with E-state index in [-0.39, 0.29) is 62.5 Å². The van der Waals surface area contributed by atoms with E-state index in [1.54, 1.807) is 4.57 Å². The van der Waals surface area contributed by atoms with Gasteiger partial charge in [0.15, 0.2) is 5.84 Å². The van der Waals surface area contributed by atoms with E-state index in [1.807, 2.05) is 71.2 Å². The Kier molecular flexibility index (Phi) is 8.64. The number of nitrogens with one attached hydrogen (secondary N) is 1. The first kappa shape index (κ1) is 30.8. The number of hydrogen-bond donors (Lipinski definition) is 2. The second kappa shape index (κ2) is 12.3. The molecule has 1 unspecified atom stereocenters. The molecule has 0 spiro atoms. The summed E-state index contributed by atoms with van der Waals surface area (Å²) in [5.74, 6) is 1.82. The number of aliphatic imine (C=N–C) groups is 1. The van der Waals surface area contributed by atoms with Crippen LogP contribution in [0, 0.1) is 0 Å². The number of fused-ring (bicyclic) bond motifs is 2. The first-order valence-electron chi connectivity index (χ1n) is 14.5. The smallest absolute Gasteiger partial charge is 0.487 e. The van der Waals surface area contributed by atoms with Crippen LogP contribution in [0.15, 0.2) is 82.8 Å². The number of aliphatic hydroxyl groups excluding tert-OH is 1. The van der Waals surface area contributed by atoms with Crippen molar-refractivity contribution in [3.8, 4) is 22.6 Å². The van der Waals surface area contributed by atoms with Gasteiger partial charge in [0.05, 0.1) is 11.4 Å². The zero-order valence-corrected chi connectivity index (χ0v) is 28.4. The predicted molar refractivity (Wildman–Crippen MR) is 162 cm³/mol. The molecule has 7 rings (SSSR count). The Bertz CT molecular complexity index is 1950. The van der Waals surface area contributed by atoms with E-state index < -0.39 is 6.41 Å². The minimum atomic E-state index is -1.23. The summed E-state index contributed by atoms with van der Waals surface area (Å²) in [6.45, 7) is 6.23. The molecular formula is C33H32KN6O4+. The third kappa shape index (κ3) is 5.69. The number of aromatic nitrogens is 4. The van der Waals surface area contributed by atoms with E-state index in [2.05, 4.69) is 41.3 Å². The van der Waals surface area contributed by atoms with Gasteiger partial charge in [-0.1, -0.05) is 61.9 Å². The van der Waals surface area contributed by atoms with Crippen LogP contribution < -0.4 is 67.2 Å². The first-order chi connectivity index (χ1) is 20.8. The monoisotopic (exact) mass is 615 g/mol. The Morgan fingerprint density at radius 1 is 1.07 bits per heavy atom. The van der Waals surface area contributed by atoms with Crippen LogP contribution in [0.3, 0.4) is 0 Å².